The van der Waals surface area contributed by atoms with Crippen molar-refractivity contribution in [1.82, 2.24) is 35.5 Å². The molecule has 0 spiro atoms. The number of hydrogen-bond donors (Lipinski definition) is 4. The Balaban J connectivity index is 1.23. The predicted octanol–water partition coefficient (Wildman–Crippen LogP) is 3.89. The molecular formula is C33H39N7O3. The number of methoxy groups -OCH3 is 1. The van der Waals surface area contributed by atoms with Gasteiger partial charge in [0, 0.05) is 17.7 Å². The highest BCUT2D eigenvalue weighted by atomic mass is 16.5. The monoisotopic (exact) mass is 581 g/mol. The number of aromatic nitrogens is 4. The Morgan fingerprint density at radius 3 is 2.09 bits per heavy atom. The number of likely N-dealkylation sites (tertiary alicyclic amines) is 1. The van der Waals surface area contributed by atoms with Crippen molar-refractivity contribution in [3.05, 3.63) is 70.8 Å². The topological polar surface area (TPSA) is 128 Å². The maximum atomic E-state index is 13.5. The van der Waals surface area contributed by atoms with Crippen molar-refractivity contribution in [3.8, 4) is 23.7 Å². The van der Waals surface area contributed by atoms with Gasteiger partial charge in [0.05, 0.1) is 31.6 Å². The molecule has 2 aromatic heterocycles. The summed E-state index contributed by atoms with van der Waals surface area (Å²) in [5, 5.41) is 6.17. The van der Waals surface area contributed by atoms with Gasteiger partial charge < -0.3 is 30.2 Å². The van der Waals surface area contributed by atoms with Crippen molar-refractivity contribution in [2.45, 2.75) is 58.7 Å². The lowest BCUT2D eigenvalue weighted by molar-refractivity contribution is -0.135. The van der Waals surface area contributed by atoms with Crippen LogP contribution in [0.1, 0.15) is 86.8 Å². The van der Waals surface area contributed by atoms with Crippen LogP contribution < -0.4 is 10.6 Å². The fourth-order valence-electron chi connectivity index (χ4n) is 5.61. The SMILES string of the molecule is COC(=O)NC(C(=O)N1CC(C)CC1c1ncc(C#Cc2ccc(C#Cc3cnc(C4CC(C)CN4)[nH]3)cc2)[nH]1)C(C)C. The molecule has 2 saturated heterocycles. The molecule has 5 unspecified atom stereocenters. The number of nitrogens with one attached hydrogen (secondary N) is 4. The first-order valence-corrected chi connectivity index (χ1v) is 14.8. The van der Waals surface area contributed by atoms with E-state index in [2.05, 4.69) is 68.1 Å². The number of H-pyrrole nitrogens is 2. The van der Waals surface area contributed by atoms with Crippen LogP contribution in [0.5, 0.6) is 0 Å². The van der Waals surface area contributed by atoms with Crippen LogP contribution in [0.25, 0.3) is 0 Å². The fourth-order valence-corrected chi connectivity index (χ4v) is 5.61. The molecule has 0 saturated carbocycles. The average molecular weight is 582 g/mol. The molecule has 4 heterocycles. The summed E-state index contributed by atoms with van der Waals surface area (Å²) >= 11 is 0. The number of nitrogens with zero attached hydrogens (tertiary/aromatic N) is 3. The second-order valence-electron chi connectivity index (χ2n) is 11.9. The largest absolute Gasteiger partial charge is 0.453 e. The van der Waals surface area contributed by atoms with Crippen molar-refractivity contribution >= 4 is 12.0 Å². The summed E-state index contributed by atoms with van der Waals surface area (Å²) < 4.78 is 4.73. The first kappa shape index (κ1) is 29.9. The summed E-state index contributed by atoms with van der Waals surface area (Å²) in [6.45, 7) is 9.75. The number of alkyl carbamates (subject to hydrolysis) is 1. The molecule has 10 nitrogen and oxygen atoms in total. The van der Waals surface area contributed by atoms with Crippen LogP contribution >= 0.6 is 0 Å². The van der Waals surface area contributed by atoms with E-state index in [1.165, 1.54) is 7.11 Å². The Morgan fingerprint density at radius 1 is 0.930 bits per heavy atom. The van der Waals surface area contributed by atoms with Crippen LogP contribution in [0.15, 0.2) is 36.7 Å². The third kappa shape index (κ3) is 7.28. The number of benzene rings is 1. The van der Waals surface area contributed by atoms with Crippen LogP contribution in [0, 0.1) is 41.4 Å². The van der Waals surface area contributed by atoms with E-state index in [1.54, 1.807) is 17.3 Å². The molecule has 43 heavy (non-hydrogen) atoms. The highest BCUT2D eigenvalue weighted by molar-refractivity contribution is 5.86. The Bertz CT molecular complexity index is 1570. The van der Waals surface area contributed by atoms with Crippen molar-refractivity contribution < 1.29 is 14.3 Å². The van der Waals surface area contributed by atoms with Gasteiger partial charge in [0.25, 0.3) is 0 Å². The maximum Gasteiger partial charge on any atom is 0.407 e. The molecule has 3 aromatic rings. The van der Waals surface area contributed by atoms with Gasteiger partial charge in [0.15, 0.2) is 0 Å². The fraction of sp³-hybridized carbons (Fsp3) is 0.455. The van der Waals surface area contributed by atoms with Gasteiger partial charge in [0.1, 0.15) is 29.1 Å². The van der Waals surface area contributed by atoms with Gasteiger partial charge in [-0.1, -0.05) is 39.5 Å². The van der Waals surface area contributed by atoms with E-state index in [1.807, 2.05) is 38.1 Å². The zero-order valence-electron chi connectivity index (χ0n) is 25.3. The third-order valence-electron chi connectivity index (χ3n) is 7.94. The molecule has 0 aliphatic carbocycles. The van der Waals surface area contributed by atoms with E-state index in [9.17, 15) is 9.59 Å². The summed E-state index contributed by atoms with van der Waals surface area (Å²) in [5.41, 5.74) is 3.21. The van der Waals surface area contributed by atoms with Gasteiger partial charge >= 0.3 is 6.09 Å². The zero-order valence-corrected chi connectivity index (χ0v) is 25.3. The standard InChI is InChI=1S/C33H39N7O3/c1-20(2)29(39-33(42)43-5)32(41)40-19-22(4)15-28(40)31-36-18-26(38-31)13-11-24-8-6-23(7-9-24)10-12-25-17-35-30(37-25)27-14-21(3)16-34-27/h6-9,17-18,20-22,27-29,34H,14-16,19H2,1-5H3,(H,35,37)(H,36,38)(H,39,42). The molecule has 10 heteroatoms. The minimum Gasteiger partial charge on any atom is -0.453 e. The van der Waals surface area contributed by atoms with Crippen molar-refractivity contribution in [2.75, 3.05) is 20.2 Å². The molecule has 4 N–H and O–H groups in total. The number of amides is 2. The molecule has 5 rings (SSSR count). The molecule has 0 radical (unpaired) electrons. The Morgan fingerprint density at radius 2 is 1.53 bits per heavy atom. The molecule has 1 aromatic carbocycles. The highest BCUT2D eigenvalue weighted by Crippen LogP contribution is 2.35. The number of hydrogen-bond acceptors (Lipinski definition) is 6. The summed E-state index contributed by atoms with van der Waals surface area (Å²) in [7, 11) is 1.29. The molecule has 2 fully saturated rings. The highest BCUT2D eigenvalue weighted by Gasteiger charge is 2.40. The minimum absolute atomic E-state index is 0.0972. The van der Waals surface area contributed by atoms with E-state index in [0.29, 0.717) is 29.9 Å². The third-order valence-corrected chi connectivity index (χ3v) is 7.94. The van der Waals surface area contributed by atoms with Crippen LogP contribution in [0.4, 0.5) is 4.79 Å². The van der Waals surface area contributed by atoms with Gasteiger partial charge in [-0.05, 0) is 73.2 Å². The van der Waals surface area contributed by atoms with Crippen molar-refractivity contribution in [1.29, 1.82) is 0 Å². The first-order valence-electron chi connectivity index (χ1n) is 14.8. The summed E-state index contributed by atoms with van der Waals surface area (Å²) in [4.78, 5) is 42.8. The number of carbonyl (C=O) groups is 2. The average Bonchev–Trinajstić information content (AvgIpc) is 3.81. The van der Waals surface area contributed by atoms with Crippen molar-refractivity contribution in [3.63, 3.8) is 0 Å². The van der Waals surface area contributed by atoms with E-state index >= 15 is 0 Å². The predicted molar refractivity (Wildman–Crippen MR) is 163 cm³/mol. The van der Waals surface area contributed by atoms with E-state index in [-0.39, 0.29) is 23.9 Å². The smallest absolute Gasteiger partial charge is 0.407 e. The zero-order chi connectivity index (χ0) is 30.5. The lowest BCUT2D eigenvalue weighted by Crippen LogP contribution is -2.51. The Labute approximate surface area is 252 Å². The van der Waals surface area contributed by atoms with E-state index in [0.717, 1.165) is 42.0 Å². The van der Waals surface area contributed by atoms with Crippen LogP contribution in [-0.4, -0.2) is 63.1 Å². The van der Waals surface area contributed by atoms with Crippen LogP contribution in [0.3, 0.4) is 0 Å². The quantitative estimate of drug-likeness (QED) is 0.339. The van der Waals surface area contributed by atoms with Gasteiger partial charge in [-0.15, -0.1) is 0 Å². The van der Waals surface area contributed by atoms with Gasteiger partial charge in [-0.2, -0.15) is 0 Å². The number of imidazole rings is 2. The van der Waals surface area contributed by atoms with E-state index < -0.39 is 12.1 Å². The molecule has 5 atom stereocenters. The number of rotatable bonds is 5. The van der Waals surface area contributed by atoms with E-state index in [4.69, 9.17) is 4.74 Å². The lowest BCUT2D eigenvalue weighted by Gasteiger charge is -2.30. The summed E-state index contributed by atoms with van der Waals surface area (Å²) in [5.74, 6) is 15.0. The minimum atomic E-state index is -0.683. The summed E-state index contributed by atoms with van der Waals surface area (Å²) in [6.07, 6.45) is 4.71. The molecule has 2 aliphatic heterocycles. The normalized spacial score (nSPS) is 22.0. The van der Waals surface area contributed by atoms with Gasteiger partial charge in [-0.25, -0.2) is 14.8 Å². The number of ether oxygens (including phenoxy) is 1. The molecule has 224 valence electrons. The second-order valence-corrected chi connectivity index (χ2v) is 11.9. The number of aromatic amines is 2. The second kappa shape index (κ2) is 13.2. The van der Waals surface area contributed by atoms with Gasteiger partial charge in [0.2, 0.25) is 5.91 Å². The Hall–Kier alpha value is -4.54. The molecule has 0 bridgehead atoms. The first-order chi connectivity index (χ1) is 20.7. The lowest BCUT2D eigenvalue weighted by atomic mass is 10.0. The molecular weight excluding hydrogens is 542 g/mol. The van der Waals surface area contributed by atoms with Gasteiger partial charge in [-0.3, -0.25) is 4.79 Å². The summed E-state index contributed by atoms with van der Waals surface area (Å²) in [6, 6.07) is 7.14. The Kier molecular flexibility index (Phi) is 9.18. The molecule has 2 amide bonds. The molecule has 2 aliphatic rings. The van der Waals surface area contributed by atoms with Crippen LogP contribution in [0.2, 0.25) is 0 Å². The van der Waals surface area contributed by atoms with Crippen molar-refractivity contribution in [2.24, 2.45) is 17.8 Å². The van der Waals surface area contributed by atoms with Crippen LogP contribution in [-0.2, 0) is 9.53 Å². The maximum absolute atomic E-state index is 13.5. The number of carbonyl (C=O) groups excluding carboxylic acids is 2.